The summed E-state index contributed by atoms with van der Waals surface area (Å²) in [6, 6.07) is 6.03. The molecule has 2 aliphatic rings. The lowest BCUT2D eigenvalue weighted by atomic mass is 10.0. The lowest BCUT2D eigenvalue weighted by molar-refractivity contribution is 0.122. The number of pyridine rings is 2. The predicted octanol–water partition coefficient (Wildman–Crippen LogP) is 3.22. The molecule has 0 radical (unpaired) electrons. The first-order valence-corrected chi connectivity index (χ1v) is 10.3. The molecule has 0 aromatic carbocycles. The second-order valence-corrected chi connectivity index (χ2v) is 7.33. The van der Waals surface area contributed by atoms with Gasteiger partial charge in [0.2, 0.25) is 0 Å². The van der Waals surface area contributed by atoms with Crippen molar-refractivity contribution in [1.29, 1.82) is 0 Å². The Labute approximate surface area is 168 Å². The molecule has 0 bridgehead atoms. The third kappa shape index (κ3) is 3.57. The first kappa shape index (κ1) is 18.8. The molecule has 4 heterocycles. The molecular weight excluding hydrogens is 376 g/mol. The van der Waals surface area contributed by atoms with E-state index in [1.807, 2.05) is 24.6 Å². The zero-order chi connectivity index (χ0) is 19.5. The second-order valence-electron chi connectivity index (χ2n) is 6.48. The number of rotatable bonds is 3. The highest BCUT2D eigenvalue weighted by Gasteiger charge is 2.28. The van der Waals surface area contributed by atoms with E-state index in [-0.39, 0.29) is 6.09 Å². The van der Waals surface area contributed by atoms with Gasteiger partial charge in [-0.05, 0) is 24.5 Å². The number of anilines is 1. The number of methoxy groups -OCH3 is 1. The number of thioether (sulfide) groups is 1. The molecule has 0 spiro atoms. The third-order valence-corrected chi connectivity index (χ3v) is 5.63. The quantitative estimate of drug-likeness (QED) is 0.786. The van der Waals surface area contributed by atoms with E-state index in [1.54, 1.807) is 29.1 Å². The Kier molecular flexibility index (Phi) is 5.50. The first-order valence-electron chi connectivity index (χ1n) is 9.09. The van der Waals surface area contributed by atoms with Gasteiger partial charge in [-0.15, -0.1) is 11.8 Å². The van der Waals surface area contributed by atoms with E-state index in [2.05, 4.69) is 16.0 Å². The summed E-state index contributed by atoms with van der Waals surface area (Å²) in [6.45, 7) is 3.43. The van der Waals surface area contributed by atoms with Crippen LogP contribution in [0.5, 0.6) is 0 Å². The fraction of sp³-hybridized carbons (Fsp3) is 0.350. The van der Waals surface area contributed by atoms with Crippen molar-refractivity contribution in [2.45, 2.75) is 6.54 Å². The maximum atomic E-state index is 12.2. The van der Waals surface area contributed by atoms with E-state index >= 15 is 0 Å². The average Bonchev–Trinajstić information content (AvgIpc) is 2.78. The summed E-state index contributed by atoms with van der Waals surface area (Å²) in [6.07, 6.45) is 6.99. The highest BCUT2D eigenvalue weighted by atomic mass is 32.2. The van der Waals surface area contributed by atoms with Gasteiger partial charge in [0.15, 0.2) is 0 Å². The van der Waals surface area contributed by atoms with E-state index in [9.17, 15) is 4.79 Å². The Morgan fingerprint density at radius 3 is 2.68 bits per heavy atom. The summed E-state index contributed by atoms with van der Waals surface area (Å²) in [5.74, 6) is 0. The number of ether oxygens (including phenoxy) is 2. The van der Waals surface area contributed by atoms with Crippen LogP contribution in [-0.4, -0.2) is 60.6 Å². The molecule has 0 saturated carbocycles. The Morgan fingerprint density at radius 2 is 2.00 bits per heavy atom. The number of carbonyl (C=O) groups is 1. The van der Waals surface area contributed by atoms with Gasteiger partial charge in [-0.25, -0.2) is 9.78 Å². The molecule has 4 rings (SSSR count). The van der Waals surface area contributed by atoms with Gasteiger partial charge >= 0.3 is 6.09 Å². The molecule has 2 aliphatic heterocycles. The van der Waals surface area contributed by atoms with Crippen LogP contribution in [0.1, 0.15) is 11.3 Å². The lowest BCUT2D eigenvalue weighted by Gasteiger charge is -2.34. The molecule has 8 heteroatoms. The van der Waals surface area contributed by atoms with Crippen molar-refractivity contribution in [3.8, 4) is 11.3 Å². The van der Waals surface area contributed by atoms with Gasteiger partial charge in [0.1, 0.15) is 0 Å². The summed E-state index contributed by atoms with van der Waals surface area (Å²) in [7, 11) is 1.40. The van der Waals surface area contributed by atoms with Crippen LogP contribution in [0.2, 0.25) is 0 Å². The lowest BCUT2D eigenvalue weighted by Crippen LogP contribution is -2.38. The van der Waals surface area contributed by atoms with E-state index < -0.39 is 0 Å². The Balaban J connectivity index is 1.87. The minimum Gasteiger partial charge on any atom is -0.452 e. The van der Waals surface area contributed by atoms with E-state index in [4.69, 9.17) is 14.5 Å². The van der Waals surface area contributed by atoms with Crippen molar-refractivity contribution in [2.24, 2.45) is 0 Å². The fourth-order valence-electron chi connectivity index (χ4n) is 3.48. The molecule has 2 aromatic heterocycles. The summed E-state index contributed by atoms with van der Waals surface area (Å²) in [4.78, 5) is 26.1. The molecule has 0 N–H and O–H groups in total. The average molecular weight is 398 g/mol. The van der Waals surface area contributed by atoms with Gasteiger partial charge in [0, 0.05) is 53.4 Å². The van der Waals surface area contributed by atoms with Crippen LogP contribution < -0.4 is 4.90 Å². The summed E-state index contributed by atoms with van der Waals surface area (Å²) >= 11 is 1.57. The summed E-state index contributed by atoms with van der Waals surface area (Å²) in [5.41, 5.74) is 4.96. The molecule has 146 valence electrons. The zero-order valence-corrected chi connectivity index (χ0v) is 16.7. The molecule has 1 saturated heterocycles. The van der Waals surface area contributed by atoms with Crippen molar-refractivity contribution in [3.05, 3.63) is 48.1 Å². The van der Waals surface area contributed by atoms with Gasteiger partial charge in [0.05, 0.1) is 38.3 Å². The Bertz CT molecular complexity index is 898. The van der Waals surface area contributed by atoms with Crippen LogP contribution >= 0.6 is 11.8 Å². The molecule has 0 aliphatic carbocycles. The van der Waals surface area contributed by atoms with Crippen molar-refractivity contribution in [3.63, 3.8) is 0 Å². The fourth-order valence-corrected chi connectivity index (χ4v) is 4.07. The van der Waals surface area contributed by atoms with Crippen molar-refractivity contribution >= 4 is 28.4 Å². The van der Waals surface area contributed by atoms with Crippen LogP contribution in [0.3, 0.4) is 0 Å². The van der Waals surface area contributed by atoms with Crippen molar-refractivity contribution < 1.29 is 14.3 Å². The SMILES string of the molecule is COC(=O)N1C=C(SC)c2nc(-c3ccncc3)cc(N3CCOCC3)c2C1. The zero-order valence-electron chi connectivity index (χ0n) is 15.9. The standard InChI is InChI=1S/C20H22N4O3S/c1-26-20(25)24-12-15-17(23-7-9-27-10-8-23)11-16(14-3-5-21-6-4-14)22-19(15)18(13-24)28-2/h3-6,11,13H,7-10,12H2,1-2H3. The highest BCUT2D eigenvalue weighted by Crippen LogP contribution is 2.39. The molecule has 1 amide bonds. The second kappa shape index (κ2) is 8.20. The minimum absolute atomic E-state index is 0.372. The largest absolute Gasteiger partial charge is 0.452 e. The number of morpholine rings is 1. The van der Waals surface area contributed by atoms with E-state index in [0.29, 0.717) is 19.8 Å². The molecular formula is C20H22N4O3S. The van der Waals surface area contributed by atoms with Crippen LogP contribution in [0.15, 0.2) is 36.8 Å². The Hall–Kier alpha value is -2.58. The molecule has 2 aromatic rings. The van der Waals surface area contributed by atoms with Gasteiger partial charge < -0.3 is 14.4 Å². The van der Waals surface area contributed by atoms with Gasteiger partial charge in [-0.1, -0.05) is 0 Å². The molecule has 0 unspecified atom stereocenters. The number of fused-ring (bicyclic) bond motifs is 1. The smallest absolute Gasteiger partial charge is 0.413 e. The van der Waals surface area contributed by atoms with Crippen LogP contribution in [0, 0.1) is 0 Å². The van der Waals surface area contributed by atoms with Gasteiger partial charge in [0.25, 0.3) is 0 Å². The van der Waals surface area contributed by atoms with Gasteiger partial charge in [-0.2, -0.15) is 0 Å². The number of nitrogens with zero attached hydrogens (tertiary/aromatic N) is 4. The number of hydrogen-bond donors (Lipinski definition) is 0. The summed E-state index contributed by atoms with van der Waals surface area (Å²) in [5, 5.41) is 0. The maximum absolute atomic E-state index is 12.2. The topological polar surface area (TPSA) is 67.8 Å². The van der Waals surface area contributed by atoms with Crippen LogP contribution in [0.4, 0.5) is 10.5 Å². The number of amides is 1. The third-order valence-electron chi connectivity index (χ3n) is 4.89. The normalized spacial score (nSPS) is 16.4. The highest BCUT2D eigenvalue weighted by molar-refractivity contribution is 8.07. The monoisotopic (exact) mass is 398 g/mol. The van der Waals surface area contributed by atoms with Crippen LogP contribution in [-0.2, 0) is 16.0 Å². The van der Waals surface area contributed by atoms with E-state index in [0.717, 1.165) is 46.2 Å². The minimum atomic E-state index is -0.372. The van der Waals surface area contributed by atoms with Crippen LogP contribution in [0.25, 0.3) is 16.2 Å². The number of hydrogen-bond acceptors (Lipinski definition) is 7. The van der Waals surface area contributed by atoms with Gasteiger partial charge in [-0.3, -0.25) is 9.88 Å². The summed E-state index contributed by atoms with van der Waals surface area (Å²) < 4.78 is 10.5. The van der Waals surface area contributed by atoms with Crippen molar-refractivity contribution in [1.82, 2.24) is 14.9 Å². The number of aromatic nitrogens is 2. The molecule has 0 atom stereocenters. The molecule has 1 fully saturated rings. The molecule has 7 nitrogen and oxygen atoms in total. The first-order chi connectivity index (χ1) is 13.7. The molecule has 28 heavy (non-hydrogen) atoms. The number of carbonyl (C=O) groups excluding carboxylic acids is 1. The van der Waals surface area contributed by atoms with Crippen molar-refractivity contribution in [2.75, 3.05) is 44.6 Å². The maximum Gasteiger partial charge on any atom is 0.413 e. The predicted molar refractivity (Wildman–Crippen MR) is 110 cm³/mol. The Morgan fingerprint density at radius 1 is 1.25 bits per heavy atom. The van der Waals surface area contributed by atoms with E-state index in [1.165, 1.54) is 7.11 Å².